The van der Waals surface area contributed by atoms with Gasteiger partial charge in [0.25, 0.3) is 5.91 Å². The van der Waals surface area contributed by atoms with E-state index in [1.54, 1.807) is 7.11 Å². The van der Waals surface area contributed by atoms with Crippen LogP contribution in [0.5, 0.6) is 0 Å². The number of rotatable bonds is 5. The Hall–Kier alpha value is -1.92. The first-order valence-electron chi connectivity index (χ1n) is 9.03. The lowest BCUT2D eigenvalue weighted by Crippen LogP contribution is -2.51. The monoisotopic (exact) mass is 345 g/mol. The highest BCUT2D eigenvalue weighted by Gasteiger charge is 2.36. The number of hydrogen-bond donors (Lipinski definition) is 1. The second kappa shape index (κ2) is 7.97. The first kappa shape index (κ1) is 17.9. The molecule has 0 spiro atoms. The lowest BCUT2D eigenvalue weighted by molar-refractivity contribution is -0.123. The third-order valence-electron chi connectivity index (χ3n) is 5.39. The van der Waals surface area contributed by atoms with Crippen LogP contribution in [0, 0.1) is 0 Å². The molecule has 2 saturated heterocycles. The quantitative estimate of drug-likeness (QED) is 0.875. The molecule has 2 heterocycles. The highest BCUT2D eigenvalue weighted by Crippen LogP contribution is 2.26. The average Bonchev–Trinajstić information content (AvgIpc) is 3.12. The smallest absolute Gasteiger partial charge is 0.254 e. The van der Waals surface area contributed by atoms with Crippen molar-refractivity contribution in [2.75, 3.05) is 26.7 Å². The Morgan fingerprint density at radius 3 is 2.56 bits per heavy atom. The van der Waals surface area contributed by atoms with Crippen LogP contribution in [0.4, 0.5) is 0 Å². The largest absolute Gasteiger partial charge is 0.380 e. The molecular formula is C19H27N3O3. The summed E-state index contributed by atoms with van der Waals surface area (Å²) in [7, 11) is 1.64. The standard InChI is InChI=1S/C19H27N3O3/c1-25-13-14-5-2-3-6-16(14)19(24)21-11-8-15(9-12-21)22-10-4-7-17(22)18(20)23/h2-3,5-6,15,17H,4,7-13H2,1H3,(H2,20,23)/t17-/m0/s1. The molecule has 2 aliphatic rings. The number of primary amides is 1. The van der Waals surface area contributed by atoms with E-state index in [-0.39, 0.29) is 17.9 Å². The van der Waals surface area contributed by atoms with E-state index in [1.165, 1.54) is 0 Å². The van der Waals surface area contributed by atoms with Crippen LogP contribution in [-0.4, -0.2) is 60.4 Å². The summed E-state index contributed by atoms with van der Waals surface area (Å²) in [6.45, 7) is 2.80. The molecule has 2 fully saturated rings. The Labute approximate surface area is 148 Å². The number of nitrogens with two attached hydrogens (primary N) is 1. The van der Waals surface area contributed by atoms with Crippen molar-refractivity contribution in [3.8, 4) is 0 Å². The SMILES string of the molecule is COCc1ccccc1C(=O)N1CCC(N2CCC[C@H]2C(N)=O)CC1. The summed E-state index contributed by atoms with van der Waals surface area (Å²) in [4.78, 5) is 28.7. The number of hydrogen-bond acceptors (Lipinski definition) is 4. The Morgan fingerprint density at radius 2 is 1.88 bits per heavy atom. The molecule has 1 atom stereocenters. The predicted molar refractivity (Wildman–Crippen MR) is 95.0 cm³/mol. The zero-order chi connectivity index (χ0) is 17.8. The third-order valence-corrected chi connectivity index (χ3v) is 5.39. The molecule has 2 aliphatic heterocycles. The van der Waals surface area contributed by atoms with Gasteiger partial charge in [0.05, 0.1) is 12.6 Å². The molecule has 6 heteroatoms. The summed E-state index contributed by atoms with van der Waals surface area (Å²) < 4.78 is 5.20. The number of nitrogens with zero attached hydrogens (tertiary/aromatic N) is 2. The fraction of sp³-hybridized carbons (Fsp3) is 0.579. The van der Waals surface area contributed by atoms with Gasteiger partial charge >= 0.3 is 0 Å². The first-order chi connectivity index (χ1) is 12.1. The normalized spacial score (nSPS) is 22.3. The highest BCUT2D eigenvalue weighted by molar-refractivity contribution is 5.95. The molecule has 2 N–H and O–H groups in total. The van der Waals surface area contributed by atoms with Crippen LogP contribution in [0.25, 0.3) is 0 Å². The molecule has 0 aliphatic carbocycles. The number of carbonyl (C=O) groups is 2. The van der Waals surface area contributed by atoms with Gasteiger partial charge in [0.1, 0.15) is 0 Å². The van der Waals surface area contributed by atoms with Crippen molar-refractivity contribution in [3.05, 3.63) is 35.4 Å². The van der Waals surface area contributed by atoms with E-state index in [1.807, 2.05) is 29.2 Å². The molecule has 0 aromatic heterocycles. The van der Waals surface area contributed by atoms with Crippen LogP contribution in [0.2, 0.25) is 0 Å². The Kier molecular flexibility index (Phi) is 5.71. The number of amides is 2. The number of piperidine rings is 1. The summed E-state index contributed by atoms with van der Waals surface area (Å²) in [5.74, 6) is -0.150. The molecule has 3 rings (SSSR count). The first-order valence-corrected chi connectivity index (χ1v) is 9.03. The minimum Gasteiger partial charge on any atom is -0.380 e. The number of methoxy groups -OCH3 is 1. The lowest BCUT2D eigenvalue weighted by atomic mass is 10.00. The third kappa shape index (κ3) is 3.85. The van der Waals surface area contributed by atoms with Crippen LogP contribution >= 0.6 is 0 Å². The van der Waals surface area contributed by atoms with Gasteiger partial charge < -0.3 is 15.4 Å². The molecule has 0 unspecified atom stereocenters. The van der Waals surface area contributed by atoms with Crippen molar-refractivity contribution < 1.29 is 14.3 Å². The topological polar surface area (TPSA) is 75.9 Å². The van der Waals surface area contributed by atoms with Crippen LogP contribution in [0.1, 0.15) is 41.6 Å². The van der Waals surface area contributed by atoms with Gasteiger partial charge in [-0.05, 0) is 43.9 Å². The predicted octanol–water partition coefficient (Wildman–Crippen LogP) is 1.39. The summed E-state index contributed by atoms with van der Waals surface area (Å²) in [6, 6.07) is 7.83. The summed E-state index contributed by atoms with van der Waals surface area (Å²) in [5.41, 5.74) is 7.18. The van der Waals surface area contributed by atoms with Crippen molar-refractivity contribution >= 4 is 11.8 Å². The molecule has 136 valence electrons. The van der Waals surface area contributed by atoms with Crippen LogP contribution in [-0.2, 0) is 16.1 Å². The Balaban J connectivity index is 1.62. The van der Waals surface area contributed by atoms with Gasteiger partial charge in [-0.25, -0.2) is 0 Å². The van der Waals surface area contributed by atoms with Gasteiger partial charge in [0.2, 0.25) is 5.91 Å². The highest BCUT2D eigenvalue weighted by atomic mass is 16.5. The molecular weight excluding hydrogens is 318 g/mol. The van der Waals surface area contributed by atoms with Crippen LogP contribution < -0.4 is 5.73 Å². The van der Waals surface area contributed by atoms with E-state index in [4.69, 9.17) is 10.5 Å². The molecule has 1 aromatic carbocycles. The molecule has 0 saturated carbocycles. The maximum atomic E-state index is 12.9. The van der Waals surface area contributed by atoms with Gasteiger partial charge in [-0.1, -0.05) is 18.2 Å². The van der Waals surface area contributed by atoms with E-state index < -0.39 is 0 Å². The van der Waals surface area contributed by atoms with Crippen molar-refractivity contribution in [1.29, 1.82) is 0 Å². The van der Waals surface area contributed by atoms with E-state index in [0.717, 1.165) is 43.4 Å². The van der Waals surface area contributed by atoms with E-state index >= 15 is 0 Å². The van der Waals surface area contributed by atoms with Gasteiger partial charge in [0, 0.05) is 31.8 Å². The lowest BCUT2D eigenvalue weighted by Gasteiger charge is -2.38. The van der Waals surface area contributed by atoms with Crippen molar-refractivity contribution in [2.24, 2.45) is 5.73 Å². The fourth-order valence-corrected chi connectivity index (χ4v) is 4.11. The summed E-state index contributed by atoms with van der Waals surface area (Å²) in [6.07, 6.45) is 3.67. The maximum Gasteiger partial charge on any atom is 0.254 e. The van der Waals surface area contributed by atoms with E-state index in [9.17, 15) is 9.59 Å². The number of likely N-dealkylation sites (tertiary alicyclic amines) is 2. The molecule has 0 radical (unpaired) electrons. The van der Waals surface area contributed by atoms with Crippen LogP contribution in [0.3, 0.4) is 0 Å². The minimum absolute atomic E-state index is 0.0685. The van der Waals surface area contributed by atoms with E-state index in [0.29, 0.717) is 25.7 Å². The molecule has 1 aromatic rings. The second-order valence-electron chi connectivity index (χ2n) is 6.91. The maximum absolute atomic E-state index is 12.9. The molecule has 0 bridgehead atoms. The van der Waals surface area contributed by atoms with Gasteiger partial charge in [-0.3, -0.25) is 14.5 Å². The molecule has 2 amide bonds. The van der Waals surface area contributed by atoms with Crippen LogP contribution in [0.15, 0.2) is 24.3 Å². The average molecular weight is 345 g/mol. The molecule has 6 nitrogen and oxygen atoms in total. The Bertz CT molecular complexity index is 626. The van der Waals surface area contributed by atoms with Crippen molar-refractivity contribution in [1.82, 2.24) is 9.80 Å². The summed E-state index contributed by atoms with van der Waals surface area (Å²) in [5, 5.41) is 0. The number of carbonyl (C=O) groups excluding carboxylic acids is 2. The van der Waals surface area contributed by atoms with Gasteiger partial charge in [0.15, 0.2) is 0 Å². The summed E-state index contributed by atoms with van der Waals surface area (Å²) >= 11 is 0. The minimum atomic E-state index is -0.218. The fourth-order valence-electron chi connectivity index (χ4n) is 4.11. The van der Waals surface area contributed by atoms with Crippen molar-refractivity contribution in [2.45, 2.75) is 44.4 Å². The number of ether oxygens (including phenoxy) is 1. The Morgan fingerprint density at radius 1 is 1.16 bits per heavy atom. The van der Waals surface area contributed by atoms with E-state index in [2.05, 4.69) is 4.90 Å². The number of benzene rings is 1. The van der Waals surface area contributed by atoms with Gasteiger partial charge in [-0.2, -0.15) is 0 Å². The van der Waals surface area contributed by atoms with Gasteiger partial charge in [-0.15, -0.1) is 0 Å². The second-order valence-corrected chi connectivity index (χ2v) is 6.91. The zero-order valence-electron chi connectivity index (χ0n) is 14.8. The van der Waals surface area contributed by atoms with Crippen molar-refractivity contribution in [3.63, 3.8) is 0 Å². The zero-order valence-corrected chi connectivity index (χ0v) is 14.8. The molecule has 25 heavy (non-hydrogen) atoms.